The number of hydrogen-bond acceptors (Lipinski definition) is 3. The van der Waals surface area contributed by atoms with Gasteiger partial charge in [0.05, 0.1) is 12.7 Å². The summed E-state index contributed by atoms with van der Waals surface area (Å²) in [6.07, 6.45) is 4.34. The predicted octanol–water partition coefficient (Wildman–Crippen LogP) is 2.92. The van der Waals surface area contributed by atoms with E-state index in [4.69, 9.17) is 4.74 Å². The van der Waals surface area contributed by atoms with Gasteiger partial charge in [0.1, 0.15) is 11.6 Å². The van der Waals surface area contributed by atoms with Crippen molar-refractivity contribution in [2.75, 3.05) is 26.7 Å². The van der Waals surface area contributed by atoms with Crippen molar-refractivity contribution in [1.82, 2.24) is 9.80 Å². The van der Waals surface area contributed by atoms with Gasteiger partial charge in [-0.15, -0.1) is 0 Å². The Bertz CT molecular complexity index is 578. The third-order valence-electron chi connectivity index (χ3n) is 5.23. The summed E-state index contributed by atoms with van der Waals surface area (Å²) in [6, 6.07) is 5.11. The number of likely N-dealkylation sites (N-methyl/N-ethyl adjacent to an activating group) is 1. The third kappa shape index (κ3) is 3.07. The van der Waals surface area contributed by atoms with Crippen molar-refractivity contribution < 1.29 is 13.9 Å². The maximum Gasteiger partial charge on any atom is 0.257 e. The van der Waals surface area contributed by atoms with Crippen molar-refractivity contribution in [1.29, 1.82) is 0 Å². The largest absolute Gasteiger partial charge is 0.497 e. The Morgan fingerprint density at radius 2 is 2.00 bits per heavy atom. The van der Waals surface area contributed by atoms with Crippen LogP contribution in [0.2, 0.25) is 0 Å². The van der Waals surface area contributed by atoms with Crippen molar-refractivity contribution >= 4 is 5.91 Å². The molecule has 23 heavy (non-hydrogen) atoms. The zero-order valence-corrected chi connectivity index (χ0v) is 13.9. The molecule has 0 radical (unpaired) electrons. The summed E-state index contributed by atoms with van der Waals surface area (Å²) >= 11 is 0. The number of ether oxygens (including phenoxy) is 1. The standard InChI is InChI=1S/C18H25FN2O2/c1-3-20-10-4-6-16(20)17-7-5-11-21(17)18(22)14-9-8-13(23-2)12-15(14)19/h8-9,12,16-17H,3-7,10-11H2,1-2H3. The van der Waals surface area contributed by atoms with E-state index in [0.717, 1.165) is 38.9 Å². The lowest BCUT2D eigenvalue weighted by Gasteiger charge is -2.34. The van der Waals surface area contributed by atoms with Crippen LogP contribution in [0, 0.1) is 5.82 Å². The third-order valence-corrected chi connectivity index (χ3v) is 5.23. The van der Waals surface area contributed by atoms with Crippen LogP contribution in [0.4, 0.5) is 4.39 Å². The number of rotatable bonds is 4. The highest BCUT2D eigenvalue weighted by molar-refractivity contribution is 5.95. The Kier molecular flexibility index (Phi) is 4.85. The van der Waals surface area contributed by atoms with E-state index in [9.17, 15) is 9.18 Å². The molecule has 3 rings (SSSR count). The Morgan fingerprint density at radius 1 is 1.26 bits per heavy atom. The maximum atomic E-state index is 14.3. The number of carbonyl (C=O) groups excluding carboxylic acids is 1. The Labute approximate surface area is 137 Å². The molecule has 126 valence electrons. The molecule has 0 spiro atoms. The molecule has 0 aromatic heterocycles. The molecule has 2 unspecified atom stereocenters. The van der Waals surface area contributed by atoms with Gasteiger partial charge in [0.25, 0.3) is 5.91 Å². The van der Waals surface area contributed by atoms with Gasteiger partial charge in [-0.2, -0.15) is 0 Å². The van der Waals surface area contributed by atoms with Gasteiger partial charge >= 0.3 is 0 Å². The van der Waals surface area contributed by atoms with Gasteiger partial charge in [-0.05, 0) is 50.9 Å². The molecule has 0 saturated carbocycles. The van der Waals surface area contributed by atoms with Gasteiger partial charge < -0.3 is 9.64 Å². The molecule has 2 heterocycles. The van der Waals surface area contributed by atoms with Crippen LogP contribution in [0.3, 0.4) is 0 Å². The van der Waals surface area contributed by atoms with Crippen LogP contribution in [0.5, 0.6) is 5.75 Å². The Balaban J connectivity index is 1.81. The number of nitrogens with zero attached hydrogens (tertiary/aromatic N) is 2. The highest BCUT2D eigenvalue weighted by atomic mass is 19.1. The maximum absolute atomic E-state index is 14.3. The molecule has 2 atom stereocenters. The lowest BCUT2D eigenvalue weighted by molar-refractivity contribution is 0.0645. The fourth-order valence-corrected chi connectivity index (χ4v) is 4.08. The molecular weight excluding hydrogens is 295 g/mol. The first-order valence-electron chi connectivity index (χ1n) is 8.54. The van der Waals surface area contributed by atoms with Crippen LogP contribution in [-0.2, 0) is 0 Å². The first-order chi connectivity index (χ1) is 11.2. The quantitative estimate of drug-likeness (QED) is 0.855. The van der Waals surface area contributed by atoms with Crippen molar-refractivity contribution in [3.63, 3.8) is 0 Å². The summed E-state index contributed by atoms with van der Waals surface area (Å²) in [6.45, 7) is 5.02. The summed E-state index contributed by atoms with van der Waals surface area (Å²) in [5, 5.41) is 0. The lowest BCUT2D eigenvalue weighted by Crippen LogP contribution is -2.48. The molecule has 1 aromatic rings. The molecule has 1 aromatic carbocycles. The van der Waals surface area contributed by atoms with Crippen molar-refractivity contribution in [3.8, 4) is 5.75 Å². The molecular formula is C18H25FN2O2. The average Bonchev–Trinajstić information content (AvgIpc) is 3.21. The van der Waals surface area contributed by atoms with E-state index in [0.29, 0.717) is 11.8 Å². The van der Waals surface area contributed by atoms with Crippen molar-refractivity contribution in [2.45, 2.75) is 44.7 Å². The second kappa shape index (κ2) is 6.87. The monoisotopic (exact) mass is 320 g/mol. The van der Waals surface area contributed by atoms with Crippen LogP contribution < -0.4 is 4.74 Å². The molecule has 2 aliphatic rings. The molecule has 0 N–H and O–H groups in total. The number of amides is 1. The second-order valence-electron chi connectivity index (χ2n) is 6.39. The Hall–Kier alpha value is -1.62. The van der Waals surface area contributed by atoms with E-state index in [-0.39, 0.29) is 17.5 Å². The van der Waals surface area contributed by atoms with E-state index in [1.54, 1.807) is 6.07 Å². The highest BCUT2D eigenvalue weighted by Crippen LogP contribution is 2.31. The summed E-state index contributed by atoms with van der Waals surface area (Å²) in [7, 11) is 1.49. The topological polar surface area (TPSA) is 32.8 Å². The minimum atomic E-state index is -0.501. The average molecular weight is 320 g/mol. The van der Waals surface area contributed by atoms with Gasteiger partial charge in [-0.25, -0.2) is 4.39 Å². The molecule has 2 aliphatic heterocycles. The Morgan fingerprint density at radius 3 is 2.70 bits per heavy atom. The van der Waals surface area contributed by atoms with Crippen molar-refractivity contribution in [2.24, 2.45) is 0 Å². The zero-order chi connectivity index (χ0) is 16.4. The minimum absolute atomic E-state index is 0.152. The first-order valence-corrected chi connectivity index (χ1v) is 8.54. The normalized spacial score (nSPS) is 25.1. The van der Waals surface area contributed by atoms with E-state index in [1.165, 1.54) is 25.7 Å². The van der Waals surface area contributed by atoms with E-state index < -0.39 is 5.82 Å². The highest BCUT2D eigenvalue weighted by Gasteiger charge is 2.39. The SMILES string of the molecule is CCN1CCCC1C1CCCN1C(=O)c1ccc(OC)cc1F. The summed E-state index contributed by atoms with van der Waals surface area (Å²) in [4.78, 5) is 17.2. The van der Waals surface area contributed by atoms with Crippen LogP contribution in [0.15, 0.2) is 18.2 Å². The minimum Gasteiger partial charge on any atom is -0.497 e. The predicted molar refractivity (Wildman–Crippen MR) is 87.3 cm³/mol. The molecule has 0 aliphatic carbocycles. The molecule has 2 saturated heterocycles. The molecule has 5 heteroatoms. The van der Waals surface area contributed by atoms with E-state index >= 15 is 0 Å². The zero-order valence-electron chi connectivity index (χ0n) is 13.9. The van der Waals surface area contributed by atoms with Crippen molar-refractivity contribution in [3.05, 3.63) is 29.6 Å². The first kappa shape index (κ1) is 16.2. The number of carbonyl (C=O) groups is 1. The van der Waals surface area contributed by atoms with Crippen LogP contribution >= 0.6 is 0 Å². The van der Waals surface area contributed by atoms with Gasteiger partial charge in [-0.1, -0.05) is 6.92 Å². The number of hydrogen-bond donors (Lipinski definition) is 0. The smallest absolute Gasteiger partial charge is 0.257 e. The summed E-state index contributed by atoms with van der Waals surface area (Å²) < 4.78 is 19.3. The molecule has 0 bridgehead atoms. The summed E-state index contributed by atoms with van der Waals surface area (Å²) in [5.41, 5.74) is 0.152. The van der Waals surface area contributed by atoms with Gasteiger partial charge in [-0.3, -0.25) is 9.69 Å². The summed E-state index contributed by atoms with van der Waals surface area (Å²) in [5.74, 6) is -0.251. The molecule has 1 amide bonds. The fraction of sp³-hybridized carbons (Fsp3) is 0.611. The number of halogens is 1. The molecule has 2 fully saturated rings. The van der Waals surface area contributed by atoms with Gasteiger partial charge in [0.15, 0.2) is 0 Å². The van der Waals surface area contributed by atoms with Crippen LogP contribution in [0.1, 0.15) is 43.0 Å². The van der Waals surface area contributed by atoms with Crippen LogP contribution in [-0.4, -0.2) is 54.5 Å². The molecule has 4 nitrogen and oxygen atoms in total. The van der Waals surface area contributed by atoms with Crippen LogP contribution in [0.25, 0.3) is 0 Å². The second-order valence-corrected chi connectivity index (χ2v) is 6.39. The number of methoxy groups -OCH3 is 1. The fourth-order valence-electron chi connectivity index (χ4n) is 4.08. The van der Waals surface area contributed by atoms with Gasteiger partial charge in [0.2, 0.25) is 0 Å². The lowest BCUT2D eigenvalue weighted by atomic mass is 10.0. The number of benzene rings is 1. The van der Waals surface area contributed by atoms with E-state index in [2.05, 4.69) is 11.8 Å². The van der Waals surface area contributed by atoms with E-state index in [1.807, 2.05) is 4.90 Å². The number of likely N-dealkylation sites (tertiary alicyclic amines) is 2. The van der Waals surface area contributed by atoms with Gasteiger partial charge in [0, 0.05) is 24.7 Å².